The summed E-state index contributed by atoms with van der Waals surface area (Å²) in [4.78, 5) is 17.6. The van der Waals surface area contributed by atoms with Crippen molar-refractivity contribution in [3.63, 3.8) is 0 Å². The Bertz CT molecular complexity index is 280. The Morgan fingerprint density at radius 2 is 2.08 bits per heavy atom. The van der Waals surface area contributed by atoms with Crippen molar-refractivity contribution in [3.8, 4) is 6.01 Å². The minimum atomic E-state index is 0.318. The minimum Gasteiger partial charge on any atom is -0.467 e. The molecule has 0 amide bonds. The van der Waals surface area contributed by atoms with Crippen LogP contribution in [0.5, 0.6) is 6.01 Å². The maximum Gasteiger partial charge on any atom is 0.316 e. The first-order valence-electron chi connectivity index (χ1n) is 3.34. The number of ether oxygens (including phenoxy) is 1. The van der Waals surface area contributed by atoms with Crippen molar-refractivity contribution in [2.75, 3.05) is 7.11 Å². The van der Waals surface area contributed by atoms with Gasteiger partial charge in [-0.05, 0) is 12.2 Å². The van der Waals surface area contributed by atoms with Crippen LogP contribution < -0.4 is 4.74 Å². The zero-order valence-electron chi connectivity index (χ0n) is 6.60. The molecular formula is C8H8N2O2. The summed E-state index contributed by atoms with van der Waals surface area (Å²) in [5.41, 5.74) is 0.767. The van der Waals surface area contributed by atoms with Gasteiger partial charge in [-0.15, -0.1) is 0 Å². The van der Waals surface area contributed by atoms with Gasteiger partial charge in [0.05, 0.1) is 7.11 Å². The van der Waals surface area contributed by atoms with Crippen molar-refractivity contribution in [1.29, 1.82) is 0 Å². The summed E-state index contributed by atoms with van der Waals surface area (Å²) in [7, 11) is 1.50. The first kappa shape index (κ1) is 8.39. The zero-order valence-corrected chi connectivity index (χ0v) is 6.60. The van der Waals surface area contributed by atoms with E-state index in [2.05, 4.69) is 9.97 Å². The molecule has 1 aromatic heterocycles. The molecule has 0 radical (unpaired) electrons. The van der Waals surface area contributed by atoms with Gasteiger partial charge in [-0.25, -0.2) is 9.97 Å². The van der Waals surface area contributed by atoms with Gasteiger partial charge in [0.15, 0.2) is 0 Å². The molecule has 0 fully saturated rings. The van der Waals surface area contributed by atoms with Crippen molar-refractivity contribution in [1.82, 2.24) is 9.97 Å². The van der Waals surface area contributed by atoms with Crippen LogP contribution >= 0.6 is 0 Å². The van der Waals surface area contributed by atoms with Crippen molar-refractivity contribution in [2.45, 2.75) is 0 Å². The van der Waals surface area contributed by atoms with Crippen molar-refractivity contribution in [2.24, 2.45) is 0 Å². The molecule has 12 heavy (non-hydrogen) atoms. The summed E-state index contributed by atoms with van der Waals surface area (Å²) in [5.74, 6) is 0. The van der Waals surface area contributed by atoms with Crippen LogP contribution in [0.3, 0.4) is 0 Å². The Morgan fingerprint density at radius 3 is 2.58 bits per heavy atom. The highest BCUT2D eigenvalue weighted by atomic mass is 16.5. The Morgan fingerprint density at radius 1 is 1.42 bits per heavy atom. The van der Waals surface area contributed by atoms with Crippen LogP contribution in [-0.2, 0) is 4.79 Å². The molecule has 1 rings (SSSR count). The lowest BCUT2D eigenvalue weighted by Crippen LogP contribution is -1.90. The number of aldehydes is 1. The lowest BCUT2D eigenvalue weighted by Gasteiger charge is -1.95. The van der Waals surface area contributed by atoms with Gasteiger partial charge in [-0.1, -0.05) is 0 Å². The van der Waals surface area contributed by atoms with Gasteiger partial charge in [-0.2, -0.15) is 0 Å². The topological polar surface area (TPSA) is 52.1 Å². The van der Waals surface area contributed by atoms with E-state index in [4.69, 9.17) is 4.74 Å². The predicted molar refractivity (Wildman–Crippen MR) is 43.7 cm³/mol. The van der Waals surface area contributed by atoms with E-state index >= 15 is 0 Å². The van der Waals surface area contributed by atoms with E-state index in [0.29, 0.717) is 12.3 Å². The van der Waals surface area contributed by atoms with Crippen LogP contribution in [0.25, 0.3) is 6.08 Å². The Balaban J connectivity index is 2.77. The minimum absolute atomic E-state index is 0.318. The Hall–Kier alpha value is -1.71. The molecule has 4 heteroatoms. The van der Waals surface area contributed by atoms with Gasteiger partial charge < -0.3 is 4.74 Å². The predicted octanol–water partition coefficient (Wildman–Crippen LogP) is 0.697. The van der Waals surface area contributed by atoms with Crippen LogP contribution in [0.1, 0.15) is 5.56 Å². The van der Waals surface area contributed by atoms with E-state index in [1.165, 1.54) is 13.2 Å². The van der Waals surface area contributed by atoms with E-state index in [1.807, 2.05) is 0 Å². The molecule has 0 aliphatic carbocycles. The highest BCUT2D eigenvalue weighted by Crippen LogP contribution is 2.02. The molecular weight excluding hydrogens is 156 g/mol. The number of carbonyl (C=O) groups excluding carboxylic acids is 1. The molecule has 0 unspecified atom stereocenters. The van der Waals surface area contributed by atoms with Crippen LogP contribution in [0.4, 0.5) is 0 Å². The van der Waals surface area contributed by atoms with E-state index in [0.717, 1.165) is 5.56 Å². The summed E-state index contributed by atoms with van der Waals surface area (Å²) in [6.07, 6.45) is 6.85. The summed E-state index contributed by atoms with van der Waals surface area (Å²) in [6.45, 7) is 0. The van der Waals surface area contributed by atoms with Crippen molar-refractivity contribution in [3.05, 3.63) is 24.0 Å². The number of methoxy groups -OCH3 is 1. The van der Waals surface area contributed by atoms with E-state index in [9.17, 15) is 4.79 Å². The third kappa shape index (κ3) is 2.16. The molecule has 0 aliphatic rings. The number of carbonyl (C=O) groups is 1. The highest BCUT2D eigenvalue weighted by Gasteiger charge is 1.91. The fourth-order valence-electron chi connectivity index (χ4n) is 0.668. The summed E-state index contributed by atoms with van der Waals surface area (Å²) < 4.78 is 4.76. The normalized spacial score (nSPS) is 10.1. The van der Waals surface area contributed by atoms with E-state index in [-0.39, 0.29) is 0 Å². The van der Waals surface area contributed by atoms with Crippen molar-refractivity contribution >= 4 is 12.4 Å². The number of rotatable bonds is 3. The molecule has 0 aromatic carbocycles. The third-order valence-electron chi connectivity index (χ3n) is 1.20. The van der Waals surface area contributed by atoms with Crippen LogP contribution in [-0.4, -0.2) is 23.4 Å². The first-order valence-corrected chi connectivity index (χ1v) is 3.34. The van der Waals surface area contributed by atoms with Gasteiger partial charge in [0.25, 0.3) is 0 Å². The molecule has 0 bridgehead atoms. The van der Waals surface area contributed by atoms with Gasteiger partial charge >= 0.3 is 6.01 Å². The molecule has 1 heterocycles. The second kappa shape index (κ2) is 4.23. The van der Waals surface area contributed by atoms with Crippen LogP contribution in [0, 0.1) is 0 Å². The SMILES string of the molecule is COc1ncc(/C=C/C=O)cn1. The van der Waals surface area contributed by atoms with Crippen LogP contribution in [0.2, 0.25) is 0 Å². The fourth-order valence-corrected chi connectivity index (χ4v) is 0.668. The third-order valence-corrected chi connectivity index (χ3v) is 1.20. The maximum atomic E-state index is 9.95. The average Bonchev–Trinajstić information content (AvgIpc) is 2.15. The molecule has 62 valence electrons. The standard InChI is InChI=1S/C8H8N2O2/c1-12-8-9-5-7(6-10-8)3-2-4-11/h2-6H,1H3/b3-2+. The lowest BCUT2D eigenvalue weighted by molar-refractivity contribution is -0.104. The van der Waals surface area contributed by atoms with E-state index in [1.54, 1.807) is 18.5 Å². The molecule has 1 aromatic rings. The second-order valence-electron chi connectivity index (χ2n) is 2.00. The first-order chi connectivity index (χ1) is 5.86. The molecule has 0 saturated carbocycles. The van der Waals surface area contributed by atoms with Gasteiger partial charge in [0.1, 0.15) is 6.29 Å². The summed E-state index contributed by atoms with van der Waals surface area (Å²) >= 11 is 0. The van der Waals surface area contributed by atoms with Gasteiger partial charge in [-0.3, -0.25) is 4.79 Å². The smallest absolute Gasteiger partial charge is 0.316 e. The van der Waals surface area contributed by atoms with Gasteiger partial charge in [0, 0.05) is 18.0 Å². The number of hydrogen-bond donors (Lipinski definition) is 0. The summed E-state index contributed by atoms with van der Waals surface area (Å²) in [6, 6.07) is 0.318. The fraction of sp³-hybridized carbons (Fsp3) is 0.125. The van der Waals surface area contributed by atoms with Crippen molar-refractivity contribution < 1.29 is 9.53 Å². The number of hydrogen-bond acceptors (Lipinski definition) is 4. The van der Waals surface area contributed by atoms with E-state index < -0.39 is 0 Å². The second-order valence-corrected chi connectivity index (χ2v) is 2.00. The molecule has 0 spiro atoms. The Labute approximate surface area is 69.9 Å². The average molecular weight is 164 g/mol. The molecule has 0 saturated heterocycles. The summed E-state index contributed by atoms with van der Waals surface area (Å²) in [5, 5.41) is 0. The monoisotopic (exact) mass is 164 g/mol. The quantitative estimate of drug-likeness (QED) is 0.487. The molecule has 0 atom stereocenters. The highest BCUT2D eigenvalue weighted by molar-refractivity contribution is 5.73. The lowest BCUT2D eigenvalue weighted by atomic mass is 10.3. The number of allylic oxidation sites excluding steroid dienone is 1. The number of aromatic nitrogens is 2. The maximum absolute atomic E-state index is 9.95. The van der Waals surface area contributed by atoms with Gasteiger partial charge in [0.2, 0.25) is 0 Å². The molecule has 0 N–H and O–H groups in total. The zero-order chi connectivity index (χ0) is 8.81. The molecule has 4 nitrogen and oxygen atoms in total. The number of nitrogens with zero attached hydrogens (tertiary/aromatic N) is 2. The Kier molecular flexibility index (Phi) is 2.95. The van der Waals surface area contributed by atoms with Crippen LogP contribution in [0.15, 0.2) is 18.5 Å². The largest absolute Gasteiger partial charge is 0.467 e. The molecule has 0 aliphatic heterocycles.